The third-order valence-corrected chi connectivity index (χ3v) is 7.82. The molecular formula is C19H19N3O4S2. The van der Waals surface area contributed by atoms with E-state index in [0.717, 1.165) is 43.0 Å². The predicted molar refractivity (Wildman–Crippen MR) is 105 cm³/mol. The molecule has 28 heavy (non-hydrogen) atoms. The summed E-state index contributed by atoms with van der Waals surface area (Å²) in [6, 6.07) is 10.7. The zero-order valence-electron chi connectivity index (χ0n) is 15.1. The maximum atomic E-state index is 13.7. The summed E-state index contributed by atoms with van der Waals surface area (Å²) >= 11 is 1.03. The van der Waals surface area contributed by atoms with E-state index in [-0.39, 0.29) is 24.3 Å². The van der Waals surface area contributed by atoms with Crippen molar-refractivity contribution >= 4 is 32.8 Å². The molecule has 1 fully saturated rings. The molecule has 2 heterocycles. The lowest BCUT2D eigenvalue weighted by Gasteiger charge is -2.28. The number of rotatable bonds is 5. The molecule has 1 saturated carbocycles. The standard InChI is InChI=1S/C19H19N3O4S2/c23-28(24,18-7-3-6-15-19(18)21-27-20-15)22(14-4-1-2-5-14)11-13-8-9-16-17(10-13)26-12-25-16/h3,6-10,14H,1-2,4-5,11-12H2. The second-order valence-electron chi connectivity index (χ2n) is 7.06. The largest absolute Gasteiger partial charge is 0.454 e. The minimum Gasteiger partial charge on any atom is -0.454 e. The number of sulfonamides is 1. The minimum absolute atomic E-state index is 0.0164. The van der Waals surface area contributed by atoms with Crippen LogP contribution in [0.5, 0.6) is 11.5 Å². The van der Waals surface area contributed by atoms with Gasteiger partial charge in [-0.25, -0.2) is 8.42 Å². The van der Waals surface area contributed by atoms with E-state index in [1.165, 1.54) is 0 Å². The second-order valence-corrected chi connectivity index (χ2v) is 9.45. The Morgan fingerprint density at radius 2 is 1.89 bits per heavy atom. The lowest BCUT2D eigenvalue weighted by molar-refractivity contribution is 0.174. The topological polar surface area (TPSA) is 81.6 Å². The first kappa shape index (κ1) is 17.8. The fourth-order valence-corrected chi connectivity index (χ4v) is 6.37. The maximum Gasteiger partial charge on any atom is 0.245 e. The summed E-state index contributed by atoms with van der Waals surface area (Å²) in [4.78, 5) is 0.228. The van der Waals surface area contributed by atoms with Gasteiger partial charge >= 0.3 is 0 Å². The van der Waals surface area contributed by atoms with Gasteiger partial charge < -0.3 is 9.47 Å². The Bertz CT molecular complexity index is 1120. The van der Waals surface area contributed by atoms with Gasteiger partial charge in [-0.2, -0.15) is 13.1 Å². The first-order chi connectivity index (χ1) is 13.6. The van der Waals surface area contributed by atoms with Crippen molar-refractivity contribution in [2.45, 2.75) is 43.2 Å². The van der Waals surface area contributed by atoms with E-state index in [4.69, 9.17) is 9.47 Å². The third kappa shape index (κ3) is 3.03. The normalized spacial score (nSPS) is 17.0. The summed E-state index contributed by atoms with van der Waals surface area (Å²) in [6.45, 7) is 0.486. The number of nitrogens with zero attached hydrogens (tertiary/aromatic N) is 3. The Hall–Kier alpha value is -2.23. The van der Waals surface area contributed by atoms with Crippen molar-refractivity contribution in [1.82, 2.24) is 13.1 Å². The highest BCUT2D eigenvalue weighted by Crippen LogP contribution is 2.36. The van der Waals surface area contributed by atoms with Crippen LogP contribution in [0.1, 0.15) is 31.2 Å². The number of ether oxygens (including phenoxy) is 2. The molecule has 5 rings (SSSR count). The van der Waals surface area contributed by atoms with Crippen molar-refractivity contribution in [1.29, 1.82) is 0 Å². The molecule has 0 N–H and O–H groups in total. The Morgan fingerprint density at radius 1 is 1.07 bits per heavy atom. The fraction of sp³-hybridized carbons (Fsp3) is 0.368. The van der Waals surface area contributed by atoms with E-state index in [9.17, 15) is 8.42 Å². The predicted octanol–water partition coefficient (Wildman–Crippen LogP) is 3.55. The van der Waals surface area contributed by atoms with E-state index in [0.29, 0.717) is 22.5 Å². The molecule has 2 aliphatic rings. The van der Waals surface area contributed by atoms with Crippen LogP contribution in [0.4, 0.5) is 0 Å². The van der Waals surface area contributed by atoms with Crippen LogP contribution in [0.15, 0.2) is 41.3 Å². The average molecular weight is 418 g/mol. The van der Waals surface area contributed by atoms with Crippen LogP contribution in [0.25, 0.3) is 11.0 Å². The molecule has 1 aliphatic heterocycles. The lowest BCUT2D eigenvalue weighted by Crippen LogP contribution is -2.38. The zero-order chi connectivity index (χ0) is 19.1. The van der Waals surface area contributed by atoms with E-state index in [2.05, 4.69) is 8.75 Å². The van der Waals surface area contributed by atoms with E-state index in [1.807, 2.05) is 18.2 Å². The average Bonchev–Trinajstić information content (AvgIpc) is 3.46. The molecule has 0 atom stereocenters. The first-order valence-corrected chi connectivity index (χ1v) is 11.4. The van der Waals surface area contributed by atoms with Crippen molar-refractivity contribution in [3.8, 4) is 11.5 Å². The van der Waals surface area contributed by atoms with Gasteiger partial charge in [0.2, 0.25) is 16.8 Å². The first-order valence-electron chi connectivity index (χ1n) is 9.24. The van der Waals surface area contributed by atoms with Crippen LogP contribution < -0.4 is 9.47 Å². The van der Waals surface area contributed by atoms with Crippen LogP contribution in [0, 0.1) is 0 Å². The van der Waals surface area contributed by atoms with Gasteiger partial charge in [0.1, 0.15) is 15.9 Å². The highest BCUT2D eigenvalue weighted by molar-refractivity contribution is 7.89. The van der Waals surface area contributed by atoms with Gasteiger partial charge in [-0.3, -0.25) is 0 Å². The molecule has 9 heteroatoms. The number of hydrogen-bond donors (Lipinski definition) is 0. The van der Waals surface area contributed by atoms with E-state index >= 15 is 0 Å². The van der Waals surface area contributed by atoms with Gasteiger partial charge in [-0.15, -0.1) is 0 Å². The van der Waals surface area contributed by atoms with E-state index in [1.54, 1.807) is 22.5 Å². The zero-order valence-corrected chi connectivity index (χ0v) is 16.7. The van der Waals surface area contributed by atoms with Crippen molar-refractivity contribution in [2.24, 2.45) is 0 Å². The van der Waals surface area contributed by atoms with Gasteiger partial charge in [0, 0.05) is 12.6 Å². The van der Waals surface area contributed by atoms with Crippen molar-refractivity contribution < 1.29 is 17.9 Å². The molecule has 0 unspecified atom stereocenters. The monoisotopic (exact) mass is 417 g/mol. The smallest absolute Gasteiger partial charge is 0.245 e. The van der Waals surface area contributed by atoms with Gasteiger partial charge in [-0.05, 0) is 42.7 Å². The summed E-state index contributed by atoms with van der Waals surface area (Å²) < 4.78 is 48.2. The molecule has 0 saturated heterocycles. The summed E-state index contributed by atoms with van der Waals surface area (Å²) in [6.07, 6.45) is 3.82. The number of benzene rings is 2. The van der Waals surface area contributed by atoms with Gasteiger partial charge in [-0.1, -0.05) is 25.0 Å². The van der Waals surface area contributed by atoms with Crippen LogP contribution in [-0.4, -0.2) is 34.3 Å². The Labute approximate surface area is 167 Å². The van der Waals surface area contributed by atoms with E-state index < -0.39 is 10.0 Å². The molecule has 0 bridgehead atoms. The van der Waals surface area contributed by atoms with Crippen molar-refractivity contribution in [3.05, 3.63) is 42.0 Å². The highest BCUT2D eigenvalue weighted by Gasteiger charge is 2.35. The molecule has 0 amide bonds. The molecule has 0 spiro atoms. The van der Waals surface area contributed by atoms with Crippen LogP contribution in [-0.2, 0) is 16.6 Å². The summed E-state index contributed by atoms with van der Waals surface area (Å²) in [7, 11) is -3.73. The summed E-state index contributed by atoms with van der Waals surface area (Å²) in [5.41, 5.74) is 1.94. The maximum absolute atomic E-state index is 13.7. The van der Waals surface area contributed by atoms with Gasteiger partial charge in [0.25, 0.3) is 0 Å². The van der Waals surface area contributed by atoms with Crippen LogP contribution in [0.2, 0.25) is 0 Å². The number of hydrogen-bond acceptors (Lipinski definition) is 7. The molecule has 1 aliphatic carbocycles. The highest BCUT2D eigenvalue weighted by atomic mass is 32.2. The SMILES string of the molecule is O=S(=O)(c1cccc2nsnc12)N(Cc1ccc2c(c1)OCO2)C1CCCC1. The van der Waals surface area contributed by atoms with Crippen LogP contribution >= 0.6 is 11.7 Å². The Kier molecular flexibility index (Phi) is 4.45. The molecule has 1 aromatic heterocycles. The van der Waals surface area contributed by atoms with Crippen molar-refractivity contribution in [3.63, 3.8) is 0 Å². The number of fused-ring (bicyclic) bond motifs is 2. The molecular weight excluding hydrogens is 398 g/mol. The van der Waals surface area contributed by atoms with Gasteiger partial charge in [0.15, 0.2) is 11.5 Å². The Morgan fingerprint density at radius 3 is 2.75 bits per heavy atom. The number of aromatic nitrogens is 2. The van der Waals surface area contributed by atoms with Crippen LogP contribution in [0.3, 0.4) is 0 Å². The summed E-state index contributed by atoms with van der Waals surface area (Å²) in [5.74, 6) is 1.35. The second kappa shape index (κ2) is 6.98. The molecule has 3 aromatic rings. The third-order valence-electron chi connectivity index (χ3n) is 5.34. The lowest BCUT2D eigenvalue weighted by atomic mass is 10.1. The molecule has 0 radical (unpaired) electrons. The molecule has 2 aromatic carbocycles. The minimum atomic E-state index is -3.73. The van der Waals surface area contributed by atoms with Gasteiger partial charge in [0.05, 0.1) is 11.7 Å². The fourth-order valence-electron chi connectivity index (χ4n) is 3.94. The summed E-state index contributed by atoms with van der Waals surface area (Å²) in [5, 5.41) is 0. The molecule has 7 nitrogen and oxygen atoms in total. The van der Waals surface area contributed by atoms with Crippen molar-refractivity contribution in [2.75, 3.05) is 6.79 Å². The molecule has 146 valence electrons. The quantitative estimate of drug-likeness (QED) is 0.631. The Balaban J connectivity index is 1.55.